The predicted molar refractivity (Wildman–Crippen MR) is 64.2 cm³/mol. The smallest absolute Gasteiger partial charge is 0.0764 e. The summed E-state index contributed by atoms with van der Waals surface area (Å²) in [7, 11) is 0. The Bertz CT molecular complexity index is 379. The molecule has 0 aliphatic carbocycles. The van der Waals surface area contributed by atoms with Gasteiger partial charge in [0.1, 0.15) is 0 Å². The molecule has 1 unspecified atom stereocenters. The molecule has 0 bridgehead atoms. The Labute approximate surface area is 91.7 Å². The Hall–Kier alpha value is -1.34. The zero-order valence-electron chi connectivity index (χ0n) is 9.57. The molecule has 0 spiro atoms. The van der Waals surface area contributed by atoms with Crippen LogP contribution in [-0.2, 0) is 0 Å². The van der Waals surface area contributed by atoms with E-state index in [1.54, 1.807) is 6.92 Å². The lowest BCUT2D eigenvalue weighted by Gasteiger charge is -2.05. The third-order valence-corrected chi connectivity index (χ3v) is 2.36. The molecule has 0 heterocycles. The van der Waals surface area contributed by atoms with Gasteiger partial charge in [-0.05, 0) is 31.9 Å². The van der Waals surface area contributed by atoms with Gasteiger partial charge in [0.25, 0.3) is 0 Å². The van der Waals surface area contributed by atoms with E-state index < -0.39 is 6.10 Å². The van der Waals surface area contributed by atoms with Crippen LogP contribution in [0.3, 0.4) is 0 Å². The molecule has 80 valence electrons. The van der Waals surface area contributed by atoms with Crippen molar-refractivity contribution in [1.29, 1.82) is 0 Å². The van der Waals surface area contributed by atoms with Crippen LogP contribution in [0, 0.1) is 13.8 Å². The average molecular weight is 202 g/mol. The van der Waals surface area contributed by atoms with Crippen molar-refractivity contribution in [3.63, 3.8) is 0 Å². The second kappa shape index (κ2) is 5.52. The largest absolute Gasteiger partial charge is 0.389 e. The van der Waals surface area contributed by atoms with Crippen molar-refractivity contribution in [2.45, 2.75) is 26.9 Å². The predicted octanol–water partition coefficient (Wildman–Crippen LogP) is 3.48. The van der Waals surface area contributed by atoms with Gasteiger partial charge in [-0.1, -0.05) is 48.0 Å². The Morgan fingerprint density at radius 1 is 0.933 bits per heavy atom. The zero-order valence-corrected chi connectivity index (χ0v) is 9.57. The van der Waals surface area contributed by atoms with Crippen LogP contribution in [0.15, 0.2) is 42.5 Å². The summed E-state index contributed by atoms with van der Waals surface area (Å²) >= 11 is 0. The molecule has 0 saturated carbocycles. The van der Waals surface area contributed by atoms with Crippen molar-refractivity contribution < 1.29 is 5.11 Å². The molecule has 0 fully saturated rings. The molecule has 1 aromatic carbocycles. The van der Waals surface area contributed by atoms with Crippen LogP contribution in [0.4, 0.5) is 0 Å². The zero-order chi connectivity index (χ0) is 11.3. The summed E-state index contributed by atoms with van der Waals surface area (Å²) in [5, 5.41) is 9.61. The van der Waals surface area contributed by atoms with E-state index in [0.29, 0.717) is 0 Å². The third-order valence-electron chi connectivity index (χ3n) is 2.36. The monoisotopic (exact) mass is 202 g/mol. The Kier molecular flexibility index (Phi) is 4.32. The minimum Gasteiger partial charge on any atom is -0.389 e. The molecule has 1 atom stereocenters. The summed E-state index contributed by atoms with van der Waals surface area (Å²) in [6.45, 7) is 5.85. The van der Waals surface area contributed by atoms with E-state index in [2.05, 4.69) is 13.0 Å². The van der Waals surface area contributed by atoms with Gasteiger partial charge in [0.15, 0.2) is 0 Å². The molecule has 1 aromatic rings. The summed E-state index contributed by atoms with van der Waals surface area (Å²) in [6, 6.07) is 14.0. The van der Waals surface area contributed by atoms with E-state index in [-0.39, 0.29) is 0 Å². The van der Waals surface area contributed by atoms with Gasteiger partial charge in [0.05, 0.1) is 6.10 Å². The van der Waals surface area contributed by atoms with Crippen molar-refractivity contribution in [2.24, 2.45) is 0 Å². The van der Waals surface area contributed by atoms with Gasteiger partial charge in [-0.2, -0.15) is 0 Å². The molecule has 0 saturated heterocycles. The van der Waals surface area contributed by atoms with E-state index in [0.717, 1.165) is 11.1 Å². The number of aliphatic hydroxyl groups excluding tert-OH is 1. The van der Waals surface area contributed by atoms with Gasteiger partial charge in [-0.3, -0.25) is 0 Å². The van der Waals surface area contributed by atoms with Crippen molar-refractivity contribution in [1.82, 2.24) is 0 Å². The minimum absolute atomic E-state index is 0.428. The van der Waals surface area contributed by atoms with Gasteiger partial charge in [0.2, 0.25) is 0 Å². The molecule has 1 rings (SSSR count). The van der Waals surface area contributed by atoms with Gasteiger partial charge in [0, 0.05) is 0 Å². The van der Waals surface area contributed by atoms with E-state index in [9.17, 15) is 5.11 Å². The molecule has 1 nitrogen and oxygen atoms in total. The molecule has 0 aromatic heterocycles. The van der Waals surface area contributed by atoms with Crippen LogP contribution in [0.5, 0.6) is 0 Å². The van der Waals surface area contributed by atoms with Crippen molar-refractivity contribution >= 4 is 0 Å². The highest BCUT2D eigenvalue weighted by molar-refractivity contribution is 5.25. The highest BCUT2D eigenvalue weighted by atomic mass is 16.3. The number of hydrogen-bond donors (Lipinski definition) is 1. The standard InChI is InChI=1S/C14H18O/c1-11-7-4-5-9-12(2)14(13(3)15)10-6-8-11/h4-10,13,15H,1-3H3. The molecule has 0 aliphatic heterocycles. The summed E-state index contributed by atoms with van der Waals surface area (Å²) in [5.41, 5.74) is 3.25. The molecular formula is C14H18O. The fraction of sp³-hybridized carbons (Fsp3) is 0.286. The molecule has 1 N–H and O–H groups in total. The van der Waals surface area contributed by atoms with E-state index >= 15 is 0 Å². The summed E-state index contributed by atoms with van der Waals surface area (Å²) in [6.07, 6.45) is -0.428. The Morgan fingerprint density at radius 3 is 2.20 bits per heavy atom. The quantitative estimate of drug-likeness (QED) is 0.739. The van der Waals surface area contributed by atoms with Gasteiger partial charge in [-0.15, -0.1) is 0 Å². The van der Waals surface area contributed by atoms with Crippen LogP contribution < -0.4 is 0 Å². The fourth-order valence-corrected chi connectivity index (χ4v) is 1.46. The molecule has 0 aliphatic rings. The second-order valence-corrected chi connectivity index (χ2v) is 3.80. The van der Waals surface area contributed by atoms with E-state index in [1.807, 2.05) is 43.3 Å². The molecule has 1 heteroatoms. The molecule has 0 radical (unpaired) electrons. The lowest BCUT2D eigenvalue weighted by atomic mass is 10.1. The van der Waals surface area contributed by atoms with Crippen LogP contribution >= 0.6 is 0 Å². The Balaban J connectivity index is 3.36. The van der Waals surface area contributed by atoms with Crippen molar-refractivity contribution in [3.8, 4) is 0 Å². The first-order chi connectivity index (χ1) is 7.11. The highest BCUT2D eigenvalue weighted by Gasteiger charge is 2.00. The second-order valence-electron chi connectivity index (χ2n) is 3.80. The molecule has 15 heavy (non-hydrogen) atoms. The maximum absolute atomic E-state index is 9.61. The Morgan fingerprint density at radius 2 is 1.53 bits per heavy atom. The first kappa shape index (κ1) is 11.7. The van der Waals surface area contributed by atoms with E-state index in [4.69, 9.17) is 0 Å². The number of hydrogen-bond acceptors (Lipinski definition) is 1. The SMILES string of the molecule is Cc1ccccc(C)c(C(C)O)ccc1. The van der Waals surface area contributed by atoms with E-state index in [1.165, 1.54) is 5.56 Å². The van der Waals surface area contributed by atoms with Crippen LogP contribution in [0.2, 0.25) is 0 Å². The first-order valence-electron chi connectivity index (χ1n) is 5.20. The number of rotatable bonds is 1. The lowest BCUT2D eigenvalue weighted by Crippen LogP contribution is -1.91. The number of aliphatic hydroxyl groups is 1. The van der Waals surface area contributed by atoms with Crippen LogP contribution in [0.25, 0.3) is 0 Å². The third kappa shape index (κ3) is 3.72. The lowest BCUT2D eigenvalue weighted by molar-refractivity contribution is 0.198. The van der Waals surface area contributed by atoms with Crippen LogP contribution in [0.1, 0.15) is 29.7 Å². The minimum atomic E-state index is -0.428. The first-order valence-corrected chi connectivity index (χ1v) is 5.20. The highest BCUT2D eigenvalue weighted by Crippen LogP contribution is 2.13. The van der Waals surface area contributed by atoms with Crippen molar-refractivity contribution in [3.05, 3.63) is 59.2 Å². The maximum Gasteiger partial charge on any atom is 0.0764 e. The topological polar surface area (TPSA) is 20.2 Å². The summed E-state index contributed by atoms with van der Waals surface area (Å²) < 4.78 is 0. The number of aryl methyl sites for hydroxylation is 2. The maximum atomic E-state index is 9.61. The summed E-state index contributed by atoms with van der Waals surface area (Å²) in [4.78, 5) is 0. The molecule has 0 amide bonds. The van der Waals surface area contributed by atoms with Crippen molar-refractivity contribution in [2.75, 3.05) is 0 Å². The van der Waals surface area contributed by atoms with Gasteiger partial charge < -0.3 is 5.11 Å². The van der Waals surface area contributed by atoms with Gasteiger partial charge in [-0.25, -0.2) is 0 Å². The normalized spacial score (nSPS) is 11.7. The molecular weight excluding hydrogens is 184 g/mol. The fourth-order valence-electron chi connectivity index (χ4n) is 1.46. The van der Waals surface area contributed by atoms with Crippen LogP contribution in [-0.4, -0.2) is 5.11 Å². The average Bonchev–Trinajstić information content (AvgIpc) is 2.18. The van der Waals surface area contributed by atoms with Gasteiger partial charge >= 0.3 is 0 Å². The summed E-state index contributed by atoms with van der Waals surface area (Å²) in [5.74, 6) is 0.